The van der Waals surface area contributed by atoms with E-state index in [0.717, 1.165) is 77.0 Å². The third kappa shape index (κ3) is 11.5. The molecule has 0 aromatic carbocycles. The largest absolute Gasteiger partial charge is 0.481 e. The molecule has 176 valence electrons. The van der Waals surface area contributed by atoms with E-state index in [0.29, 0.717) is 31.1 Å². The molecule has 1 aliphatic rings. The summed E-state index contributed by atoms with van der Waals surface area (Å²) in [6.07, 6.45) is 12.8. The van der Waals surface area contributed by atoms with Crippen LogP contribution in [0.2, 0.25) is 0 Å². The summed E-state index contributed by atoms with van der Waals surface area (Å²) in [5.74, 6) is 0.0802. The lowest BCUT2D eigenvalue weighted by Gasteiger charge is -2.27. The van der Waals surface area contributed by atoms with Crippen LogP contribution in [0.3, 0.4) is 0 Å². The van der Waals surface area contributed by atoms with E-state index < -0.39 is 11.6 Å². The minimum absolute atomic E-state index is 0.0260. The molecule has 1 saturated carbocycles. The van der Waals surface area contributed by atoms with Crippen molar-refractivity contribution in [1.82, 2.24) is 0 Å². The van der Waals surface area contributed by atoms with Gasteiger partial charge in [0.15, 0.2) is 0 Å². The molecule has 0 saturated heterocycles. The van der Waals surface area contributed by atoms with Crippen molar-refractivity contribution in [2.24, 2.45) is 11.8 Å². The van der Waals surface area contributed by atoms with Gasteiger partial charge in [-0.1, -0.05) is 46.0 Å². The number of carbonyl (C=O) groups excluding carboxylic acids is 1. The van der Waals surface area contributed by atoms with Crippen molar-refractivity contribution < 1.29 is 24.5 Å². The van der Waals surface area contributed by atoms with E-state index in [9.17, 15) is 14.7 Å². The fourth-order valence-electron chi connectivity index (χ4n) is 4.65. The SMILES string of the molecule is CCCCCC(C)(O)CC[C@H]1CCC(=O)[C@@H]1CCCC(CCC(=O)O)OCCCC. The number of aliphatic carboxylic acids is 1. The average molecular weight is 427 g/mol. The first kappa shape index (κ1) is 27.1. The third-order valence-corrected chi connectivity index (χ3v) is 6.69. The summed E-state index contributed by atoms with van der Waals surface area (Å²) in [4.78, 5) is 23.4. The lowest BCUT2D eigenvalue weighted by atomic mass is 9.83. The Hall–Kier alpha value is -0.940. The van der Waals surface area contributed by atoms with Crippen molar-refractivity contribution in [2.75, 3.05) is 6.61 Å². The van der Waals surface area contributed by atoms with E-state index >= 15 is 0 Å². The van der Waals surface area contributed by atoms with Crippen molar-refractivity contribution in [3.8, 4) is 0 Å². The number of Topliss-reactive ketones (excluding diaryl/α,β-unsaturated/α-hetero) is 1. The quantitative estimate of drug-likeness (QED) is 0.266. The smallest absolute Gasteiger partial charge is 0.303 e. The van der Waals surface area contributed by atoms with Gasteiger partial charge in [0.2, 0.25) is 0 Å². The molecule has 0 heterocycles. The highest BCUT2D eigenvalue weighted by molar-refractivity contribution is 5.83. The second-order valence-electron chi connectivity index (χ2n) is 9.57. The first-order valence-electron chi connectivity index (χ1n) is 12.4. The molecule has 0 amide bonds. The second kappa shape index (κ2) is 15.0. The van der Waals surface area contributed by atoms with Gasteiger partial charge in [0.25, 0.3) is 0 Å². The number of unbranched alkanes of at least 4 members (excludes halogenated alkanes) is 3. The standard InChI is InChI=1S/C25H46O5/c1-4-6-8-17-25(3,29)18-16-20-12-14-23(26)22(20)11-9-10-21(13-15-24(27)28)30-19-7-5-2/h20-22,29H,4-19H2,1-3H3,(H,27,28)/t20-,21?,22-,25?/m1/s1. The van der Waals surface area contributed by atoms with Crippen LogP contribution in [0.15, 0.2) is 0 Å². The maximum atomic E-state index is 12.5. The highest BCUT2D eigenvalue weighted by Crippen LogP contribution is 2.37. The monoisotopic (exact) mass is 426 g/mol. The molecule has 1 fully saturated rings. The van der Waals surface area contributed by atoms with Crippen LogP contribution in [0, 0.1) is 11.8 Å². The Morgan fingerprint density at radius 2 is 1.83 bits per heavy atom. The molecular weight excluding hydrogens is 380 g/mol. The summed E-state index contributed by atoms with van der Waals surface area (Å²) in [5.41, 5.74) is -0.625. The van der Waals surface area contributed by atoms with Crippen molar-refractivity contribution in [2.45, 2.75) is 129 Å². The molecule has 0 aliphatic heterocycles. The summed E-state index contributed by atoms with van der Waals surface area (Å²) in [7, 11) is 0. The summed E-state index contributed by atoms with van der Waals surface area (Å²) < 4.78 is 5.91. The summed E-state index contributed by atoms with van der Waals surface area (Å²) in [5, 5.41) is 19.6. The molecule has 5 heteroatoms. The van der Waals surface area contributed by atoms with Crippen LogP contribution in [0.1, 0.15) is 117 Å². The van der Waals surface area contributed by atoms with Crippen LogP contribution < -0.4 is 0 Å². The average Bonchev–Trinajstić information content (AvgIpc) is 3.04. The number of hydrogen-bond donors (Lipinski definition) is 2. The molecule has 4 atom stereocenters. The molecule has 5 nitrogen and oxygen atoms in total. The number of carboxylic acids is 1. The lowest BCUT2D eigenvalue weighted by molar-refractivity contribution is -0.137. The van der Waals surface area contributed by atoms with E-state index in [-0.39, 0.29) is 18.4 Å². The summed E-state index contributed by atoms with van der Waals surface area (Å²) >= 11 is 0. The zero-order valence-corrected chi connectivity index (χ0v) is 19.7. The molecule has 30 heavy (non-hydrogen) atoms. The van der Waals surface area contributed by atoms with Gasteiger partial charge in [-0.25, -0.2) is 0 Å². The maximum Gasteiger partial charge on any atom is 0.303 e. The highest BCUT2D eigenvalue weighted by atomic mass is 16.5. The number of ether oxygens (including phenoxy) is 1. The van der Waals surface area contributed by atoms with E-state index in [1.165, 1.54) is 0 Å². The molecule has 0 radical (unpaired) electrons. The molecular formula is C25H46O5. The predicted molar refractivity (Wildman–Crippen MR) is 121 cm³/mol. The van der Waals surface area contributed by atoms with E-state index in [4.69, 9.17) is 9.84 Å². The van der Waals surface area contributed by atoms with Gasteiger partial charge in [-0.3, -0.25) is 9.59 Å². The highest BCUT2D eigenvalue weighted by Gasteiger charge is 2.35. The number of hydrogen-bond acceptors (Lipinski definition) is 4. The molecule has 0 spiro atoms. The molecule has 0 aromatic heterocycles. The van der Waals surface area contributed by atoms with Crippen LogP contribution in [0.5, 0.6) is 0 Å². The van der Waals surface area contributed by atoms with Crippen molar-refractivity contribution in [3.05, 3.63) is 0 Å². The van der Waals surface area contributed by atoms with Crippen LogP contribution in [-0.2, 0) is 14.3 Å². The Labute approximate surface area is 184 Å². The van der Waals surface area contributed by atoms with Crippen LogP contribution in [0.4, 0.5) is 0 Å². The van der Waals surface area contributed by atoms with Crippen molar-refractivity contribution >= 4 is 11.8 Å². The van der Waals surface area contributed by atoms with E-state index in [2.05, 4.69) is 13.8 Å². The first-order valence-corrected chi connectivity index (χ1v) is 12.4. The van der Waals surface area contributed by atoms with Gasteiger partial charge in [0.1, 0.15) is 5.78 Å². The van der Waals surface area contributed by atoms with E-state index in [1.54, 1.807) is 0 Å². The minimum atomic E-state index is -0.781. The van der Waals surface area contributed by atoms with Gasteiger partial charge in [-0.2, -0.15) is 0 Å². The Bertz CT molecular complexity index is 488. The molecule has 0 bridgehead atoms. The first-order chi connectivity index (χ1) is 14.3. The Morgan fingerprint density at radius 1 is 1.10 bits per heavy atom. The number of carboxylic acid groups (broad SMARTS) is 1. The maximum absolute atomic E-state index is 12.5. The second-order valence-corrected chi connectivity index (χ2v) is 9.57. The van der Waals surface area contributed by atoms with Gasteiger partial charge in [-0.05, 0) is 64.2 Å². The van der Waals surface area contributed by atoms with Crippen LogP contribution in [0.25, 0.3) is 0 Å². The number of carbonyl (C=O) groups is 2. The molecule has 1 aliphatic carbocycles. The zero-order chi connectivity index (χ0) is 22.4. The van der Waals surface area contributed by atoms with Gasteiger partial charge in [-0.15, -0.1) is 0 Å². The molecule has 0 aromatic rings. The zero-order valence-electron chi connectivity index (χ0n) is 19.7. The molecule has 2 unspecified atom stereocenters. The molecule has 1 rings (SSSR count). The lowest BCUT2D eigenvalue weighted by Crippen LogP contribution is -2.26. The van der Waals surface area contributed by atoms with Gasteiger partial charge < -0.3 is 14.9 Å². The van der Waals surface area contributed by atoms with Crippen LogP contribution >= 0.6 is 0 Å². The van der Waals surface area contributed by atoms with Crippen molar-refractivity contribution in [3.63, 3.8) is 0 Å². The minimum Gasteiger partial charge on any atom is -0.481 e. The van der Waals surface area contributed by atoms with Crippen molar-refractivity contribution in [1.29, 1.82) is 0 Å². The fourth-order valence-corrected chi connectivity index (χ4v) is 4.65. The topological polar surface area (TPSA) is 83.8 Å². The Balaban J connectivity index is 2.45. The van der Waals surface area contributed by atoms with E-state index in [1.807, 2.05) is 6.92 Å². The van der Waals surface area contributed by atoms with Gasteiger partial charge in [0, 0.05) is 25.4 Å². The number of aliphatic hydroxyl groups is 1. The predicted octanol–water partition coefficient (Wildman–Crippen LogP) is 5.91. The Kier molecular flexibility index (Phi) is 13.5. The number of rotatable bonds is 18. The normalized spacial score (nSPS) is 22.2. The summed E-state index contributed by atoms with van der Waals surface area (Å²) in [6, 6.07) is 0. The van der Waals surface area contributed by atoms with Crippen LogP contribution in [-0.4, -0.2) is 40.3 Å². The molecule has 2 N–H and O–H groups in total. The number of ketones is 1. The van der Waals surface area contributed by atoms with Gasteiger partial charge in [0.05, 0.1) is 11.7 Å². The fraction of sp³-hybridized carbons (Fsp3) is 0.920. The van der Waals surface area contributed by atoms with Gasteiger partial charge >= 0.3 is 5.97 Å². The Morgan fingerprint density at radius 3 is 2.50 bits per heavy atom. The summed E-state index contributed by atoms with van der Waals surface area (Å²) in [6.45, 7) is 6.90. The third-order valence-electron chi connectivity index (χ3n) is 6.69.